The van der Waals surface area contributed by atoms with Crippen molar-refractivity contribution < 1.29 is 13.2 Å². The van der Waals surface area contributed by atoms with E-state index < -0.39 is 9.84 Å². The molecule has 0 saturated heterocycles. The number of hydrogen-bond donors (Lipinski definition) is 1. The molecule has 0 aliphatic carbocycles. The fourth-order valence-electron chi connectivity index (χ4n) is 3.37. The molecular formula is C25H23N3O3S. The van der Waals surface area contributed by atoms with Gasteiger partial charge in [0.1, 0.15) is 5.69 Å². The largest absolute Gasteiger partial charge is 0.322 e. The van der Waals surface area contributed by atoms with Gasteiger partial charge in [-0.15, -0.1) is 0 Å². The molecule has 0 unspecified atom stereocenters. The van der Waals surface area contributed by atoms with Crippen molar-refractivity contribution in [2.45, 2.75) is 18.4 Å². The first-order valence-corrected chi connectivity index (χ1v) is 12.0. The predicted octanol–water partition coefficient (Wildman–Crippen LogP) is 4.56. The van der Waals surface area contributed by atoms with Gasteiger partial charge in [-0.3, -0.25) is 9.48 Å². The Morgan fingerprint density at radius 1 is 0.969 bits per heavy atom. The zero-order chi connectivity index (χ0) is 22.7. The molecule has 6 nitrogen and oxygen atoms in total. The summed E-state index contributed by atoms with van der Waals surface area (Å²) in [5, 5.41) is 7.50. The summed E-state index contributed by atoms with van der Waals surface area (Å²) in [5.41, 5.74) is 4.40. The van der Waals surface area contributed by atoms with E-state index in [1.807, 2.05) is 61.5 Å². The second-order valence-corrected chi connectivity index (χ2v) is 9.71. The Hall–Kier alpha value is -3.71. The first-order valence-electron chi connectivity index (χ1n) is 10.1. The van der Waals surface area contributed by atoms with Gasteiger partial charge < -0.3 is 5.32 Å². The number of rotatable bonds is 6. The number of benzene rings is 3. The van der Waals surface area contributed by atoms with E-state index in [-0.39, 0.29) is 10.8 Å². The van der Waals surface area contributed by atoms with Gasteiger partial charge in [0.2, 0.25) is 0 Å². The summed E-state index contributed by atoms with van der Waals surface area (Å²) in [6, 6.07) is 23.9. The van der Waals surface area contributed by atoms with Crippen molar-refractivity contribution >= 4 is 21.4 Å². The van der Waals surface area contributed by atoms with Gasteiger partial charge in [0, 0.05) is 23.7 Å². The first kappa shape index (κ1) is 21.5. The average molecular weight is 446 g/mol. The lowest BCUT2D eigenvalue weighted by molar-refractivity contribution is 0.102. The molecule has 0 atom stereocenters. The molecule has 0 bridgehead atoms. The van der Waals surface area contributed by atoms with E-state index in [4.69, 9.17) is 0 Å². The van der Waals surface area contributed by atoms with Gasteiger partial charge >= 0.3 is 0 Å². The number of sulfone groups is 1. The van der Waals surface area contributed by atoms with E-state index in [2.05, 4.69) is 10.4 Å². The number of carbonyl (C=O) groups is 1. The Balaban J connectivity index is 1.69. The number of nitrogens with one attached hydrogen (secondary N) is 1. The van der Waals surface area contributed by atoms with E-state index in [1.54, 1.807) is 23.0 Å². The minimum atomic E-state index is -3.38. The molecule has 0 aliphatic heterocycles. The van der Waals surface area contributed by atoms with Crippen molar-refractivity contribution in [3.05, 3.63) is 102 Å². The monoisotopic (exact) mass is 445 g/mol. The van der Waals surface area contributed by atoms with E-state index in [1.165, 1.54) is 12.1 Å². The summed E-state index contributed by atoms with van der Waals surface area (Å²) in [5.74, 6) is -0.356. The first-order chi connectivity index (χ1) is 15.3. The lowest BCUT2D eigenvalue weighted by Gasteiger charge is -2.07. The summed E-state index contributed by atoms with van der Waals surface area (Å²) < 4.78 is 25.5. The zero-order valence-electron chi connectivity index (χ0n) is 17.8. The molecular weight excluding hydrogens is 422 g/mol. The molecule has 32 heavy (non-hydrogen) atoms. The number of aryl methyl sites for hydroxylation is 1. The van der Waals surface area contributed by atoms with Crippen LogP contribution in [0.15, 0.2) is 90.0 Å². The Kier molecular flexibility index (Phi) is 5.92. The van der Waals surface area contributed by atoms with Gasteiger partial charge in [0.15, 0.2) is 9.84 Å². The van der Waals surface area contributed by atoms with Crippen molar-refractivity contribution in [3.63, 3.8) is 0 Å². The van der Waals surface area contributed by atoms with Crippen LogP contribution >= 0.6 is 0 Å². The van der Waals surface area contributed by atoms with Crippen LogP contribution in [-0.2, 0) is 16.4 Å². The summed E-state index contributed by atoms with van der Waals surface area (Å²) in [6.07, 6.45) is 2.86. The molecule has 1 amide bonds. The summed E-state index contributed by atoms with van der Waals surface area (Å²) in [7, 11) is -3.38. The van der Waals surface area contributed by atoms with Gasteiger partial charge in [-0.25, -0.2) is 8.42 Å². The number of hydrogen-bond acceptors (Lipinski definition) is 4. The highest BCUT2D eigenvalue weighted by Gasteiger charge is 2.19. The molecule has 4 rings (SSSR count). The van der Waals surface area contributed by atoms with Crippen LogP contribution in [0.2, 0.25) is 0 Å². The van der Waals surface area contributed by atoms with Gasteiger partial charge in [-0.2, -0.15) is 5.10 Å². The maximum absolute atomic E-state index is 13.2. The van der Waals surface area contributed by atoms with Crippen molar-refractivity contribution in [2.75, 3.05) is 11.6 Å². The Labute approximate surface area is 187 Å². The van der Waals surface area contributed by atoms with Gasteiger partial charge in [0.05, 0.1) is 17.0 Å². The van der Waals surface area contributed by atoms with Crippen LogP contribution in [-0.4, -0.2) is 30.4 Å². The summed E-state index contributed by atoms with van der Waals surface area (Å²) >= 11 is 0. The van der Waals surface area contributed by atoms with E-state index in [0.717, 1.165) is 22.9 Å². The normalized spacial score (nSPS) is 11.3. The van der Waals surface area contributed by atoms with Crippen molar-refractivity contribution in [2.24, 2.45) is 0 Å². The molecule has 0 fully saturated rings. The van der Waals surface area contributed by atoms with Crippen LogP contribution < -0.4 is 5.32 Å². The standard InChI is InChI=1S/C25H23N3O3S/c1-18-11-13-20(14-12-18)24-23(17-28(27-24)16-19-7-4-3-5-8-19)25(29)26-21-9-6-10-22(15-21)32(2,30)31/h3-15,17H,16H2,1-2H3,(H,26,29). The summed E-state index contributed by atoms with van der Waals surface area (Å²) in [4.78, 5) is 13.3. The van der Waals surface area contributed by atoms with Crippen LogP contribution in [0.3, 0.4) is 0 Å². The van der Waals surface area contributed by atoms with Gasteiger partial charge in [-0.05, 0) is 30.7 Å². The van der Waals surface area contributed by atoms with Gasteiger partial charge in [-0.1, -0.05) is 66.2 Å². The SMILES string of the molecule is Cc1ccc(-c2nn(Cc3ccccc3)cc2C(=O)Nc2cccc(S(C)(=O)=O)c2)cc1. The molecule has 1 N–H and O–H groups in total. The van der Waals surface area contributed by atoms with Crippen LogP contribution in [0, 0.1) is 6.92 Å². The second-order valence-electron chi connectivity index (χ2n) is 7.69. The van der Waals surface area contributed by atoms with Gasteiger partial charge in [0.25, 0.3) is 5.91 Å². The number of aromatic nitrogens is 2. The molecule has 162 valence electrons. The quantitative estimate of drug-likeness (QED) is 0.472. The predicted molar refractivity (Wildman–Crippen MR) is 125 cm³/mol. The van der Waals surface area contributed by atoms with E-state index >= 15 is 0 Å². The Morgan fingerprint density at radius 3 is 2.38 bits per heavy atom. The third-order valence-electron chi connectivity index (χ3n) is 5.04. The fraction of sp³-hybridized carbons (Fsp3) is 0.120. The maximum Gasteiger partial charge on any atom is 0.259 e. The Bertz CT molecular complexity index is 1360. The number of anilines is 1. The molecule has 1 aromatic heterocycles. The van der Waals surface area contributed by atoms with Crippen LogP contribution in [0.4, 0.5) is 5.69 Å². The number of carbonyl (C=O) groups excluding carboxylic acids is 1. The van der Waals surface area contributed by atoms with Crippen molar-refractivity contribution in [3.8, 4) is 11.3 Å². The molecule has 4 aromatic rings. The molecule has 0 aliphatic rings. The molecule has 1 heterocycles. The molecule has 3 aromatic carbocycles. The fourth-order valence-corrected chi connectivity index (χ4v) is 4.03. The molecule has 0 radical (unpaired) electrons. The molecule has 7 heteroatoms. The van der Waals surface area contributed by atoms with E-state index in [9.17, 15) is 13.2 Å². The molecule has 0 spiro atoms. The highest BCUT2D eigenvalue weighted by atomic mass is 32.2. The average Bonchev–Trinajstić information content (AvgIpc) is 3.18. The van der Waals surface area contributed by atoms with Crippen molar-refractivity contribution in [1.29, 1.82) is 0 Å². The number of amides is 1. The third-order valence-corrected chi connectivity index (χ3v) is 6.15. The number of nitrogens with zero attached hydrogens (tertiary/aromatic N) is 2. The third kappa shape index (κ3) is 4.95. The maximum atomic E-state index is 13.2. The topological polar surface area (TPSA) is 81.1 Å². The summed E-state index contributed by atoms with van der Waals surface area (Å²) in [6.45, 7) is 2.52. The van der Waals surface area contributed by atoms with E-state index in [0.29, 0.717) is 23.5 Å². The minimum absolute atomic E-state index is 0.147. The zero-order valence-corrected chi connectivity index (χ0v) is 18.6. The van der Waals surface area contributed by atoms with Crippen molar-refractivity contribution in [1.82, 2.24) is 9.78 Å². The van der Waals surface area contributed by atoms with Crippen LogP contribution in [0.5, 0.6) is 0 Å². The lowest BCUT2D eigenvalue weighted by Crippen LogP contribution is -2.13. The van der Waals surface area contributed by atoms with Crippen LogP contribution in [0.1, 0.15) is 21.5 Å². The minimum Gasteiger partial charge on any atom is -0.322 e. The smallest absolute Gasteiger partial charge is 0.259 e. The second kappa shape index (κ2) is 8.80. The molecule has 0 saturated carbocycles. The lowest BCUT2D eigenvalue weighted by atomic mass is 10.1. The highest BCUT2D eigenvalue weighted by molar-refractivity contribution is 7.90. The van der Waals surface area contributed by atoms with Crippen LogP contribution in [0.25, 0.3) is 11.3 Å². The highest BCUT2D eigenvalue weighted by Crippen LogP contribution is 2.25. The Morgan fingerprint density at radius 2 is 1.69 bits per heavy atom.